The van der Waals surface area contributed by atoms with E-state index in [9.17, 15) is 13.2 Å². The van der Waals surface area contributed by atoms with Crippen LogP contribution in [0.25, 0.3) is 11.4 Å². The van der Waals surface area contributed by atoms with E-state index in [0.29, 0.717) is 30.1 Å². The quantitative estimate of drug-likeness (QED) is 0.712. The van der Waals surface area contributed by atoms with Crippen LogP contribution in [0.4, 0.5) is 0 Å². The maximum absolute atomic E-state index is 12.5. The highest BCUT2D eigenvalue weighted by Crippen LogP contribution is 2.19. The summed E-state index contributed by atoms with van der Waals surface area (Å²) < 4.78 is 30.1. The zero-order chi connectivity index (χ0) is 17.9. The number of carbonyl (C=O) groups is 1. The molecule has 1 unspecified atom stereocenters. The molecule has 0 spiro atoms. The molecule has 1 aromatic carbocycles. The summed E-state index contributed by atoms with van der Waals surface area (Å²) in [5, 5.41) is 16.4. The van der Waals surface area contributed by atoms with Crippen molar-refractivity contribution in [2.75, 3.05) is 32.5 Å². The molecule has 11 heteroatoms. The van der Waals surface area contributed by atoms with Crippen molar-refractivity contribution in [1.82, 2.24) is 30.2 Å². The van der Waals surface area contributed by atoms with Gasteiger partial charge in [-0.2, -0.15) is 9.52 Å². The molecular weight excluding hydrogens is 348 g/mol. The van der Waals surface area contributed by atoms with Gasteiger partial charge in [-0.3, -0.25) is 4.79 Å². The van der Waals surface area contributed by atoms with Crippen molar-refractivity contribution < 1.29 is 17.9 Å². The van der Waals surface area contributed by atoms with E-state index in [1.54, 1.807) is 24.3 Å². The predicted octanol–water partition coefficient (Wildman–Crippen LogP) is -0.743. The molecule has 1 atom stereocenters. The summed E-state index contributed by atoms with van der Waals surface area (Å²) in [5.74, 6) is 0.00315. The smallest absolute Gasteiger partial charge is 0.252 e. The lowest BCUT2D eigenvalue weighted by atomic mass is 10.1. The highest BCUT2D eigenvalue weighted by atomic mass is 32.2. The second-order valence-electron chi connectivity index (χ2n) is 5.60. The highest BCUT2D eigenvalue weighted by molar-refractivity contribution is 7.88. The number of nitrogens with one attached hydrogen (secondary N) is 2. The third-order valence-corrected chi connectivity index (χ3v) is 5.09. The van der Waals surface area contributed by atoms with Gasteiger partial charge in [0.15, 0.2) is 0 Å². The molecule has 3 rings (SSSR count). The van der Waals surface area contributed by atoms with Crippen LogP contribution < -0.4 is 5.32 Å². The second kappa shape index (κ2) is 7.25. The fourth-order valence-electron chi connectivity index (χ4n) is 2.57. The number of rotatable bonds is 5. The van der Waals surface area contributed by atoms with Crippen molar-refractivity contribution in [3.05, 3.63) is 29.8 Å². The summed E-state index contributed by atoms with van der Waals surface area (Å²) in [7, 11) is -3.27. The van der Waals surface area contributed by atoms with Crippen molar-refractivity contribution >= 4 is 15.9 Å². The fourth-order valence-corrected chi connectivity index (χ4v) is 3.41. The monoisotopic (exact) mass is 366 g/mol. The van der Waals surface area contributed by atoms with E-state index in [4.69, 9.17) is 4.74 Å². The normalized spacial score (nSPS) is 18.8. The first-order valence-corrected chi connectivity index (χ1v) is 9.48. The zero-order valence-corrected chi connectivity index (χ0v) is 14.4. The fraction of sp³-hybridized carbons (Fsp3) is 0.429. The predicted molar refractivity (Wildman–Crippen MR) is 88.1 cm³/mol. The number of morpholine rings is 1. The molecule has 25 heavy (non-hydrogen) atoms. The van der Waals surface area contributed by atoms with Gasteiger partial charge in [-0.15, -0.1) is 10.2 Å². The minimum Gasteiger partial charge on any atom is -0.374 e. The van der Waals surface area contributed by atoms with Gasteiger partial charge >= 0.3 is 0 Å². The van der Waals surface area contributed by atoms with E-state index in [0.717, 1.165) is 6.26 Å². The Kier molecular flexibility index (Phi) is 5.06. The van der Waals surface area contributed by atoms with Gasteiger partial charge in [0, 0.05) is 25.2 Å². The molecule has 0 radical (unpaired) electrons. The molecule has 0 bridgehead atoms. The Labute approximate surface area is 144 Å². The van der Waals surface area contributed by atoms with E-state index in [2.05, 4.69) is 25.9 Å². The lowest BCUT2D eigenvalue weighted by molar-refractivity contribution is 0.000441. The molecule has 10 nitrogen and oxygen atoms in total. The van der Waals surface area contributed by atoms with Gasteiger partial charge < -0.3 is 10.1 Å². The number of nitrogens with zero attached hydrogens (tertiary/aromatic N) is 4. The molecule has 0 aliphatic carbocycles. The van der Waals surface area contributed by atoms with E-state index < -0.39 is 16.1 Å². The summed E-state index contributed by atoms with van der Waals surface area (Å²) in [6, 6.07) is 6.89. The molecule has 2 N–H and O–H groups in total. The Morgan fingerprint density at radius 2 is 2.24 bits per heavy atom. The van der Waals surface area contributed by atoms with E-state index in [1.165, 1.54) is 4.31 Å². The number of amides is 1. The molecule has 0 saturated carbocycles. The lowest BCUT2D eigenvalue weighted by Gasteiger charge is -2.31. The number of aromatic nitrogens is 4. The Balaban J connectivity index is 1.66. The van der Waals surface area contributed by atoms with Crippen molar-refractivity contribution in [3.8, 4) is 11.4 Å². The molecule has 134 valence electrons. The van der Waals surface area contributed by atoms with Crippen LogP contribution in [0.3, 0.4) is 0 Å². The SMILES string of the molecule is CS(=O)(=O)N1CCOC(CNC(=O)c2ccccc2-c2nn[nH]n2)C1. The zero-order valence-electron chi connectivity index (χ0n) is 13.5. The maximum atomic E-state index is 12.5. The number of benzene rings is 1. The Bertz CT molecular complexity index is 839. The van der Waals surface area contributed by atoms with Crippen molar-refractivity contribution in [2.24, 2.45) is 0 Å². The van der Waals surface area contributed by atoms with Gasteiger partial charge in [0.05, 0.1) is 24.5 Å². The Morgan fingerprint density at radius 3 is 2.96 bits per heavy atom. The highest BCUT2D eigenvalue weighted by Gasteiger charge is 2.27. The number of sulfonamides is 1. The van der Waals surface area contributed by atoms with Crippen LogP contribution in [0.2, 0.25) is 0 Å². The van der Waals surface area contributed by atoms with Crippen LogP contribution in [-0.2, 0) is 14.8 Å². The molecule has 2 heterocycles. The number of carbonyl (C=O) groups excluding carboxylic acids is 1. The number of aromatic amines is 1. The average Bonchev–Trinajstić information content (AvgIpc) is 3.14. The van der Waals surface area contributed by atoms with Crippen molar-refractivity contribution in [3.63, 3.8) is 0 Å². The van der Waals surface area contributed by atoms with Crippen LogP contribution in [0.15, 0.2) is 24.3 Å². The van der Waals surface area contributed by atoms with Crippen LogP contribution in [0, 0.1) is 0 Å². The van der Waals surface area contributed by atoms with Gasteiger partial charge in [0.25, 0.3) is 5.91 Å². The van der Waals surface area contributed by atoms with E-state index in [1.807, 2.05) is 0 Å². The first kappa shape index (κ1) is 17.5. The number of hydrogen-bond acceptors (Lipinski definition) is 7. The van der Waals surface area contributed by atoms with Gasteiger partial charge in [-0.25, -0.2) is 8.42 Å². The molecular formula is C14H18N6O4S. The third-order valence-electron chi connectivity index (χ3n) is 3.82. The van der Waals surface area contributed by atoms with Crippen LogP contribution in [0.1, 0.15) is 10.4 Å². The molecule has 1 amide bonds. The summed E-state index contributed by atoms with van der Waals surface area (Å²) >= 11 is 0. The average molecular weight is 366 g/mol. The van der Waals surface area contributed by atoms with Gasteiger partial charge in [-0.1, -0.05) is 18.2 Å². The third kappa shape index (κ3) is 4.18. The number of ether oxygens (including phenoxy) is 1. The summed E-state index contributed by atoms with van der Waals surface area (Å²) in [6.45, 7) is 1.04. The van der Waals surface area contributed by atoms with Crippen LogP contribution in [-0.4, -0.2) is 77.9 Å². The molecule has 1 fully saturated rings. The summed E-state index contributed by atoms with van der Waals surface area (Å²) in [5.41, 5.74) is 0.954. The molecule has 1 aliphatic heterocycles. The largest absolute Gasteiger partial charge is 0.374 e. The first-order valence-electron chi connectivity index (χ1n) is 7.63. The van der Waals surface area contributed by atoms with Gasteiger partial charge in [0.2, 0.25) is 15.8 Å². The second-order valence-corrected chi connectivity index (χ2v) is 7.59. The van der Waals surface area contributed by atoms with Crippen LogP contribution in [0.5, 0.6) is 0 Å². The van der Waals surface area contributed by atoms with Gasteiger partial charge in [0.1, 0.15) is 0 Å². The molecule has 1 aliphatic rings. The molecule has 2 aromatic rings. The lowest BCUT2D eigenvalue weighted by Crippen LogP contribution is -2.49. The molecule has 1 saturated heterocycles. The first-order chi connectivity index (χ1) is 11.9. The number of tetrazole rings is 1. The Morgan fingerprint density at radius 1 is 1.44 bits per heavy atom. The topological polar surface area (TPSA) is 130 Å². The number of H-pyrrole nitrogens is 1. The van der Waals surface area contributed by atoms with Crippen LogP contribution >= 0.6 is 0 Å². The number of hydrogen-bond donors (Lipinski definition) is 2. The Hall–Kier alpha value is -2.37. The minimum atomic E-state index is -3.27. The summed E-state index contributed by atoms with van der Waals surface area (Å²) in [6.07, 6.45) is 0.763. The standard InChI is InChI=1S/C14H18N6O4S/c1-25(22,23)20-6-7-24-10(9-20)8-15-14(21)12-5-3-2-4-11(12)13-16-18-19-17-13/h2-5,10H,6-9H2,1H3,(H,15,21)(H,16,17,18,19). The summed E-state index contributed by atoms with van der Waals surface area (Å²) in [4.78, 5) is 12.5. The van der Waals surface area contributed by atoms with Gasteiger partial charge in [-0.05, 0) is 11.3 Å². The molecule has 1 aromatic heterocycles. The van der Waals surface area contributed by atoms with Crippen molar-refractivity contribution in [2.45, 2.75) is 6.10 Å². The van der Waals surface area contributed by atoms with Crippen molar-refractivity contribution in [1.29, 1.82) is 0 Å². The van der Waals surface area contributed by atoms with E-state index in [-0.39, 0.29) is 19.0 Å². The van der Waals surface area contributed by atoms with E-state index >= 15 is 0 Å². The minimum absolute atomic E-state index is 0.200. The maximum Gasteiger partial charge on any atom is 0.252 e.